The van der Waals surface area contributed by atoms with Gasteiger partial charge in [0.1, 0.15) is 23.0 Å². The van der Waals surface area contributed by atoms with E-state index in [1.807, 2.05) is 0 Å². The Balaban J connectivity index is 1.60. The Kier molecular flexibility index (Phi) is 5.60. The van der Waals surface area contributed by atoms with Crippen LogP contribution in [0.15, 0.2) is 30.3 Å². The van der Waals surface area contributed by atoms with E-state index < -0.39 is 17.8 Å². The maximum Gasteiger partial charge on any atom is 0.433 e. The van der Waals surface area contributed by atoms with Crippen LogP contribution in [-0.4, -0.2) is 28.0 Å². The van der Waals surface area contributed by atoms with Crippen LogP contribution in [-0.2, 0) is 6.18 Å². The van der Waals surface area contributed by atoms with Crippen LogP contribution < -0.4 is 10.1 Å². The van der Waals surface area contributed by atoms with Gasteiger partial charge in [0.05, 0.1) is 23.8 Å². The largest absolute Gasteiger partial charge is 0.494 e. The molecule has 1 aromatic carbocycles. The number of H-pyrrole nitrogens is 1. The van der Waals surface area contributed by atoms with E-state index in [9.17, 15) is 18.0 Å². The molecule has 1 fully saturated rings. The fraction of sp³-hybridized carbons (Fsp3) is 0.409. The number of benzene rings is 1. The molecule has 164 valence electrons. The van der Waals surface area contributed by atoms with E-state index in [0.29, 0.717) is 22.9 Å². The number of pyridine rings is 1. The normalized spacial score (nSPS) is 19.4. The van der Waals surface area contributed by atoms with Gasteiger partial charge in [-0.3, -0.25) is 4.79 Å². The topological polar surface area (TPSA) is 79.9 Å². The van der Waals surface area contributed by atoms with Crippen molar-refractivity contribution in [2.45, 2.75) is 44.7 Å². The molecule has 9 heteroatoms. The summed E-state index contributed by atoms with van der Waals surface area (Å²) in [5, 5.41) is 2.60. The van der Waals surface area contributed by atoms with Gasteiger partial charge in [-0.25, -0.2) is 9.97 Å². The van der Waals surface area contributed by atoms with Crippen molar-refractivity contribution in [3.05, 3.63) is 47.5 Å². The molecule has 0 atom stereocenters. The first-order valence-electron chi connectivity index (χ1n) is 10.2. The summed E-state index contributed by atoms with van der Waals surface area (Å²) in [4.78, 5) is 24.0. The Morgan fingerprint density at radius 2 is 1.90 bits per heavy atom. The number of hydrogen-bond acceptors (Lipinski definition) is 4. The Morgan fingerprint density at radius 3 is 2.58 bits per heavy atom. The predicted octanol–water partition coefficient (Wildman–Crippen LogP) is 5.53. The molecule has 1 amide bonds. The molecule has 1 saturated carbocycles. The maximum absolute atomic E-state index is 12.9. The summed E-state index contributed by atoms with van der Waals surface area (Å²) in [5.74, 6) is 1.61. The number of nitrogens with zero attached hydrogens (tertiary/aromatic N) is 2. The SMILES string of the molecule is COc1cc2nc([C@H]3CC[C@H](C)CC3)[nH]c2cc1NC(=O)c1cccc(C(F)(F)F)n1. The number of aromatic amines is 1. The minimum atomic E-state index is -4.63. The lowest BCUT2D eigenvalue weighted by molar-refractivity contribution is -0.141. The fourth-order valence-electron chi connectivity index (χ4n) is 3.96. The fourth-order valence-corrected chi connectivity index (χ4v) is 3.96. The number of halogens is 3. The highest BCUT2D eigenvalue weighted by atomic mass is 19.4. The van der Waals surface area contributed by atoms with Crippen molar-refractivity contribution in [2.24, 2.45) is 5.92 Å². The lowest BCUT2D eigenvalue weighted by Crippen LogP contribution is -2.17. The number of nitrogens with one attached hydrogen (secondary N) is 2. The second-order valence-corrected chi connectivity index (χ2v) is 8.01. The summed E-state index contributed by atoms with van der Waals surface area (Å²) in [5.41, 5.74) is 0.301. The van der Waals surface area contributed by atoms with Gasteiger partial charge in [-0.05, 0) is 37.0 Å². The molecular formula is C22H23F3N4O2. The van der Waals surface area contributed by atoms with Gasteiger partial charge < -0.3 is 15.0 Å². The minimum Gasteiger partial charge on any atom is -0.494 e. The number of hydrogen-bond donors (Lipinski definition) is 2. The second kappa shape index (κ2) is 8.20. The zero-order chi connectivity index (χ0) is 22.2. The molecule has 0 aliphatic heterocycles. The van der Waals surface area contributed by atoms with Crippen molar-refractivity contribution in [1.82, 2.24) is 15.0 Å². The van der Waals surface area contributed by atoms with Gasteiger partial charge in [0, 0.05) is 12.0 Å². The number of carbonyl (C=O) groups is 1. The molecule has 0 radical (unpaired) electrons. The average molecular weight is 432 g/mol. The van der Waals surface area contributed by atoms with E-state index in [1.54, 1.807) is 12.1 Å². The minimum absolute atomic E-state index is 0.326. The van der Waals surface area contributed by atoms with Gasteiger partial charge in [-0.15, -0.1) is 0 Å². The first kappa shape index (κ1) is 21.1. The molecule has 31 heavy (non-hydrogen) atoms. The standard InChI is InChI=1S/C22H23F3N4O2/c1-12-6-8-13(9-7-12)20-27-15-10-17(18(31-2)11-16(15)28-20)29-21(30)14-4-3-5-19(26-14)22(23,24)25/h3-5,10-13H,6-9H2,1-2H3,(H,27,28)(H,29,30)/t12-,13-. The zero-order valence-corrected chi connectivity index (χ0v) is 17.2. The van der Waals surface area contributed by atoms with Crippen LogP contribution in [0.2, 0.25) is 0 Å². The van der Waals surface area contributed by atoms with Crippen LogP contribution in [0.3, 0.4) is 0 Å². The highest BCUT2D eigenvalue weighted by Gasteiger charge is 2.33. The van der Waals surface area contributed by atoms with Gasteiger partial charge in [-0.1, -0.05) is 25.8 Å². The molecule has 0 unspecified atom stereocenters. The highest BCUT2D eigenvalue weighted by Crippen LogP contribution is 2.36. The molecule has 2 heterocycles. The summed E-state index contributed by atoms with van der Waals surface area (Å²) in [6.07, 6.45) is -0.158. The van der Waals surface area contributed by atoms with Crippen molar-refractivity contribution in [2.75, 3.05) is 12.4 Å². The number of alkyl halides is 3. The lowest BCUT2D eigenvalue weighted by atomic mass is 9.83. The van der Waals surface area contributed by atoms with Gasteiger partial charge in [0.15, 0.2) is 0 Å². The number of rotatable bonds is 4. The zero-order valence-electron chi connectivity index (χ0n) is 17.2. The highest BCUT2D eigenvalue weighted by molar-refractivity contribution is 6.04. The van der Waals surface area contributed by atoms with Crippen LogP contribution in [0.25, 0.3) is 11.0 Å². The van der Waals surface area contributed by atoms with Crippen LogP contribution in [0, 0.1) is 5.92 Å². The van der Waals surface area contributed by atoms with E-state index in [4.69, 9.17) is 9.72 Å². The summed E-state index contributed by atoms with van der Waals surface area (Å²) >= 11 is 0. The van der Waals surface area contributed by atoms with Crippen LogP contribution in [0.5, 0.6) is 5.75 Å². The summed E-state index contributed by atoms with van der Waals surface area (Å²) in [6, 6.07) is 6.59. The van der Waals surface area contributed by atoms with Crippen molar-refractivity contribution < 1.29 is 22.7 Å². The molecule has 0 bridgehead atoms. The molecule has 0 spiro atoms. The van der Waals surface area contributed by atoms with Gasteiger partial charge >= 0.3 is 6.18 Å². The van der Waals surface area contributed by atoms with E-state index in [-0.39, 0.29) is 5.69 Å². The number of anilines is 1. The monoisotopic (exact) mass is 432 g/mol. The number of ether oxygens (including phenoxy) is 1. The Bertz CT molecular complexity index is 1100. The van der Waals surface area contributed by atoms with Crippen LogP contribution >= 0.6 is 0 Å². The van der Waals surface area contributed by atoms with Crippen LogP contribution in [0.1, 0.15) is 60.5 Å². The number of amides is 1. The van der Waals surface area contributed by atoms with Crippen molar-refractivity contribution in [3.63, 3.8) is 0 Å². The van der Waals surface area contributed by atoms with Crippen molar-refractivity contribution >= 4 is 22.6 Å². The summed E-state index contributed by atoms with van der Waals surface area (Å²) < 4.78 is 44.1. The molecule has 2 aromatic heterocycles. The molecule has 4 rings (SSSR count). The summed E-state index contributed by atoms with van der Waals surface area (Å²) in [7, 11) is 1.45. The van der Waals surface area contributed by atoms with E-state index in [0.717, 1.165) is 55.1 Å². The number of aromatic nitrogens is 3. The van der Waals surface area contributed by atoms with Gasteiger partial charge in [0.25, 0.3) is 5.91 Å². The third-order valence-electron chi connectivity index (χ3n) is 5.74. The first-order chi connectivity index (χ1) is 14.7. The first-order valence-corrected chi connectivity index (χ1v) is 10.2. The molecule has 2 N–H and O–H groups in total. The molecule has 1 aliphatic carbocycles. The third-order valence-corrected chi connectivity index (χ3v) is 5.74. The average Bonchev–Trinajstić information content (AvgIpc) is 3.16. The smallest absolute Gasteiger partial charge is 0.433 e. The third kappa shape index (κ3) is 4.50. The number of fused-ring (bicyclic) bond motifs is 1. The molecular weight excluding hydrogens is 409 g/mol. The quantitative estimate of drug-likeness (QED) is 0.568. The number of imidazole rings is 1. The lowest BCUT2D eigenvalue weighted by Gasteiger charge is -2.24. The van der Waals surface area contributed by atoms with E-state index >= 15 is 0 Å². The van der Waals surface area contributed by atoms with Gasteiger partial charge in [0.2, 0.25) is 0 Å². The summed E-state index contributed by atoms with van der Waals surface area (Å²) in [6.45, 7) is 2.26. The molecule has 1 aliphatic rings. The molecule has 3 aromatic rings. The Morgan fingerprint density at radius 1 is 1.16 bits per heavy atom. The predicted molar refractivity (Wildman–Crippen MR) is 110 cm³/mol. The molecule has 0 saturated heterocycles. The van der Waals surface area contributed by atoms with Crippen molar-refractivity contribution in [1.29, 1.82) is 0 Å². The maximum atomic E-state index is 12.9. The van der Waals surface area contributed by atoms with Crippen molar-refractivity contribution in [3.8, 4) is 5.75 Å². The molecule has 6 nitrogen and oxygen atoms in total. The van der Waals surface area contributed by atoms with E-state index in [1.165, 1.54) is 13.2 Å². The number of carbonyl (C=O) groups excluding carboxylic acids is 1. The Hall–Kier alpha value is -3.10. The number of methoxy groups -OCH3 is 1. The Labute approximate surface area is 177 Å². The second-order valence-electron chi connectivity index (χ2n) is 8.01. The van der Waals surface area contributed by atoms with Gasteiger partial charge in [-0.2, -0.15) is 13.2 Å². The van der Waals surface area contributed by atoms with Crippen LogP contribution in [0.4, 0.5) is 18.9 Å². The van der Waals surface area contributed by atoms with E-state index in [2.05, 4.69) is 22.2 Å².